The van der Waals surface area contributed by atoms with Gasteiger partial charge in [-0.15, -0.1) is 11.7 Å². The fraction of sp³-hybridized carbons (Fsp3) is 0.400. The van der Waals surface area contributed by atoms with Crippen molar-refractivity contribution in [3.8, 4) is 11.9 Å². The summed E-state index contributed by atoms with van der Waals surface area (Å²) in [6, 6.07) is 3.72. The number of aryl methyl sites for hydroxylation is 1. The van der Waals surface area contributed by atoms with Crippen LogP contribution in [-0.4, -0.2) is 56.8 Å². The first-order valence-electron chi connectivity index (χ1n) is 9.52. The number of ether oxygens (including phenoxy) is 3. The third-order valence-electron chi connectivity index (χ3n) is 4.98. The summed E-state index contributed by atoms with van der Waals surface area (Å²) >= 11 is 0. The molecular formula is C20H23N7O3. The maximum absolute atomic E-state index is 9.56. The van der Waals surface area contributed by atoms with Gasteiger partial charge in [0.05, 0.1) is 31.6 Å². The maximum Gasteiger partial charge on any atom is 0.257 e. The van der Waals surface area contributed by atoms with Crippen molar-refractivity contribution in [3.05, 3.63) is 36.8 Å². The van der Waals surface area contributed by atoms with Crippen molar-refractivity contribution >= 4 is 22.7 Å². The first-order valence-corrected chi connectivity index (χ1v) is 9.52. The minimum Gasteiger partial charge on any atom is -0.467 e. The molecule has 10 heteroatoms. The molecule has 10 nitrogen and oxygen atoms in total. The zero-order valence-electron chi connectivity index (χ0n) is 17.1. The number of aromatic nitrogens is 5. The fourth-order valence-electron chi connectivity index (χ4n) is 3.31. The van der Waals surface area contributed by atoms with E-state index in [0.717, 1.165) is 5.39 Å². The summed E-state index contributed by atoms with van der Waals surface area (Å²) in [6.45, 7) is 6.73. The van der Waals surface area contributed by atoms with Crippen LogP contribution in [-0.2, 0) is 16.5 Å². The van der Waals surface area contributed by atoms with Gasteiger partial charge in [-0.25, -0.2) is 4.98 Å². The molecule has 1 fully saturated rings. The van der Waals surface area contributed by atoms with Gasteiger partial charge in [0.25, 0.3) is 5.88 Å². The number of hydrogen-bond donors (Lipinski definition) is 1. The topological polar surface area (TPSA) is 112 Å². The van der Waals surface area contributed by atoms with Gasteiger partial charge in [-0.3, -0.25) is 4.68 Å². The molecule has 4 heterocycles. The molecule has 0 radical (unpaired) electrons. The van der Waals surface area contributed by atoms with E-state index in [4.69, 9.17) is 14.2 Å². The van der Waals surface area contributed by atoms with Crippen molar-refractivity contribution < 1.29 is 14.2 Å². The molecule has 0 aromatic carbocycles. The van der Waals surface area contributed by atoms with Crippen LogP contribution >= 0.6 is 0 Å². The van der Waals surface area contributed by atoms with Gasteiger partial charge in [0.15, 0.2) is 0 Å². The number of rotatable bonds is 8. The standard InChI is InChI=1S/C20H23N7O3/c1-5-14(10-28-4)27-15(7-21)6-13-8-22-20(24-18(13)27)23-16-9-26(3)25-19(16)30-17-11-29-12(17)2/h5-6,8-9,12,14,17H,1,10-11H2,2-4H3,(H,22,23,24)/t12-,14-,17+/m0/s1. The fourth-order valence-corrected chi connectivity index (χ4v) is 3.31. The molecule has 0 unspecified atom stereocenters. The molecule has 1 aliphatic heterocycles. The monoisotopic (exact) mass is 409 g/mol. The van der Waals surface area contributed by atoms with Crippen LogP contribution in [0.5, 0.6) is 5.88 Å². The number of fused-ring (bicyclic) bond motifs is 1. The van der Waals surface area contributed by atoms with Gasteiger partial charge in [0.2, 0.25) is 5.95 Å². The lowest BCUT2D eigenvalue weighted by Gasteiger charge is -2.33. The highest BCUT2D eigenvalue weighted by molar-refractivity contribution is 5.79. The van der Waals surface area contributed by atoms with Crippen LogP contribution in [0.2, 0.25) is 0 Å². The molecule has 156 valence electrons. The average molecular weight is 409 g/mol. The molecule has 0 spiro atoms. The lowest BCUT2D eigenvalue weighted by Crippen LogP contribution is -2.46. The van der Waals surface area contributed by atoms with Crippen molar-refractivity contribution in [2.24, 2.45) is 7.05 Å². The molecule has 0 aliphatic carbocycles. The number of hydrogen-bond acceptors (Lipinski definition) is 8. The van der Waals surface area contributed by atoms with E-state index >= 15 is 0 Å². The van der Waals surface area contributed by atoms with E-state index in [2.05, 4.69) is 33.0 Å². The smallest absolute Gasteiger partial charge is 0.257 e. The first kappa shape index (κ1) is 19.9. The molecule has 3 atom stereocenters. The van der Waals surface area contributed by atoms with Crippen molar-refractivity contribution in [1.82, 2.24) is 24.3 Å². The normalized spacial score (nSPS) is 19.1. The lowest BCUT2D eigenvalue weighted by atomic mass is 10.2. The second kappa shape index (κ2) is 8.14. The predicted octanol–water partition coefficient (Wildman–Crippen LogP) is 2.32. The van der Waals surface area contributed by atoms with Crippen molar-refractivity contribution in [2.75, 3.05) is 25.6 Å². The van der Waals surface area contributed by atoms with E-state index in [1.54, 1.807) is 40.9 Å². The SMILES string of the molecule is C=C[C@@H](COC)n1c(C#N)cc2cnc(Nc3cn(C)nc3O[C@@H]3CO[C@H]3C)nc21. The minimum absolute atomic E-state index is 0.0248. The van der Waals surface area contributed by atoms with Crippen LogP contribution in [0.15, 0.2) is 31.1 Å². The van der Waals surface area contributed by atoms with E-state index < -0.39 is 0 Å². The number of anilines is 2. The summed E-state index contributed by atoms with van der Waals surface area (Å²) in [5, 5.41) is 17.9. The number of methoxy groups -OCH3 is 1. The Balaban J connectivity index is 1.68. The third kappa shape index (κ3) is 3.60. The largest absolute Gasteiger partial charge is 0.467 e. The van der Waals surface area contributed by atoms with Crippen molar-refractivity contribution in [1.29, 1.82) is 5.26 Å². The molecule has 0 saturated carbocycles. The molecule has 4 rings (SSSR count). The second-order valence-electron chi connectivity index (χ2n) is 7.08. The van der Waals surface area contributed by atoms with Crippen LogP contribution in [0.4, 0.5) is 11.6 Å². The minimum atomic E-state index is -0.234. The third-order valence-corrected chi connectivity index (χ3v) is 4.98. The highest BCUT2D eigenvalue weighted by atomic mass is 16.6. The Hall–Kier alpha value is -3.42. The molecule has 1 aliphatic rings. The number of nitriles is 1. The van der Waals surface area contributed by atoms with Gasteiger partial charge in [-0.2, -0.15) is 10.2 Å². The van der Waals surface area contributed by atoms with Crippen LogP contribution in [0.25, 0.3) is 11.0 Å². The number of nitrogens with one attached hydrogen (secondary N) is 1. The maximum atomic E-state index is 9.56. The molecule has 3 aromatic heterocycles. The summed E-state index contributed by atoms with van der Waals surface area (Å²) in [5.74, 6) is 0.820. The zero-order chi connectivity index (χ0) is 21.3. The zero-order valence-corrected chi connectivity index (χ0v) is 17.1. The van der Waals surface area contributed by atoms with Gasteiger partial charge >= 0.3 is 0 Å². The molecule has 0 bridgehead atoms. The Kier molecular flexibility index (Phi) is 5.39. The molecule has 30 heavy (non-hydrogen) atoms. The van der Waals surface area contributed by atoms with Crippen LogP contribution in [0.1, 0.15) is 18.7 Å². The Labute approximate surface area is 173 Å². The first-order chi connectivity index (χ1) is 14.5. The van der Waals surface area contributed by atoms with E-state index in [-0.39, 0.29) is 18.2 Å². The van der Waals surface area contributed by atoms with E-state index in [1.807, 2.05) is 14.0 Å². The highest BCUT2D eigenvalue weighted by Crippen LogP contribution is 2.30. The van der Waals surface area contributed by atoms with Gasteiger partial charge in [0, 0.05) is 25.7 Å². The summed E-state index contributed by atoms with van der Waals surface area (Å²) in [4.78, 5) is 9.02. The van der Waals surface area contributed by atoms with Crippen LogP contribution in [0, 0.1) is 11.3 Å². The van der Waals surface area contributed by atoms with E-state index in [1.165, 1.54) is 0 Å². The summed E-state index contributed by atoms with van der Waals surface area (Å²) in [7, 11) is 3.42. The van der Waals surface area contributed by atoms with Crippen molar-refractivity contribution in [2.45, 2.75) is 25.2 Å². The van der Waals surface area contributed by atoms with Gasteiger partial charge < -0.3 is 24.1 Å². The van der Waals surface area contributed by atoms with Gasteiger partial charge in [0.1, 0.15) is 29.2 Å². The molecule has 1 saturated heterocycles. The molecule has 0 amide bonds. The Morgan fingerprint density at radius 3 is 3.00 bits per heavy atom. The Bertz CT molecular complexity index is 1110. The lowest BCUT2D eigenvalue weighted by molar-refractivity contribution is -0.140. The average Bonchev–Trinajstić information content (AvgIpc) is 3.28. The second-order valence-corrected chi connectivity index (χ2v) is 7.08. The van der Waals surface area contributed by atoms with E-state index in [0.29, 0.717) is 42.1 Å². The number of nitrogens with zero attached hydrogens (tertiary/aromatic N) is 6. The summed E-state index contributed by atoms with van der Waals surface area (Å²) in [5.41, 5.74) is 1.72. The molecule has 3 aromatic rings. The van der Waals surface area contributed by atoms with Crippen molar-refractivity contribution in [3.63, 3.8) is 0 Å². The van der Waals surface area contributed by atoms with Crippen LogP contribution in [0.3, 0.4) is 0 Å². The predicted molar refractivity (Wildman–Crippen MR) is 110 cm³/mol. The molecular weight excluding hydrogens is 386 g/mol. The van der Waals surface area contributed by atoms with Gasteiger partial charge in [-0.05, 0) is 13.0 Å². The quantitative estimate of drug-likeness (QED) is 0.564. The Morgan fingerprint density at radius 1 is 1.53 bits per heavy atom. The van der Waals surface area contributed by atoms with Gasteiger partial charge in [-0.1, -0.05) is 6.08 Å². The van der Waals surface area contributed by atoms with E-state index in [9.17, 15) is 5.26 Å². The Morgan fingerprint density at radius 2 is 2.37 bits per heavy atom. The molecule has 1 N–H and O–H groups in total. The summed E-state index contributed by atoms with van der Waals surface area (Å²) in [6.07, 6.45) is 5.18. The van der Waals surface area contributed by atoms with Crippen LogP contribution < -0.4 is 10.1 Å². The summed E-state index contributed by atoms with van der Waals surface area (Å²) < 4.78 is 20.0. The highest BCUT2D eigenvalue weighted by Gasteiger charge is 2.31.